The molecule has 0 bridgehead atoms. The van der Waals surface area contributed by atoms with Crippen LogP contribution in [0.3, 0.4) is 0 Å². The number of unbranched alkanes of at least 4 members (excludes halogenated alkanes) is 3. The van der Waals surface area contributed by atoms with Crippen molar-refractivity contribution < 1.29 is 0 Å². The maximum atomic E-state index is 5.58. The fourth-order valence-electron chi connectivity index (χ4n) is 3.90. The van der Waals surface area contributed by atoms with Crippen LogP contribution in [-0.2, 0) is 0 Å². The van der Waals surface area contributed by atoms with Crippen molar-refractivity contribution in [3.63, 3.8) is 0 Å². The summed E-state index contributed by atoms with van der Waals surface area (Å²) < 4.78 is 0. The van der Waals surface area contributed by atoms with Gasteiger partial charge in [-0.15, -0.1) is 0 Å². The fourth-order valence-corrected chi connectivity index (χ4v) is 3.90. The third kappa shape index (κ3) is 6.01. The molecule has 3 N–H and O–H groups in total. The first-order valence-corrected chi connectivity index (χ1v) is 10.4. The molecule has 26 heavy (non-hydrogen) atoms. The molecule has 0 radical (unpaired) electrons. The first kappa shape index (κ1) is 20.8. The van der Waals surface area contributed by atoms with Crippen LogP contribution in [0.4, 0.5) is 5.69 Å². The Morgan fingerprint density at radius 2 is 1.81 bits per heavy atom. The van der Waals surface area contributed by atoms with Gasteiger partial charge in [-0.05, 0) is 77.5 Å². The number of aryl methyl sites for hydroxylation is 3. The minimum Gasteiger partial charge on any atom is -0.340 e. The Morgan fingerprint density at radius 3 is 2.46 bits per heavy atom. The average molecular weight is 359 g/mol. The molecule has 1 aromatic carbocycles. The number of likely N-dealkylation sites (tertiary alicyclic amines) is 1. The summed E-state index contributed by atoms with van der Waals surface area (Å²) in [7, 11) is 0. The van der Waals surface area contributed by atoms with Gasteiger partial charge in [0.2, 0.25) is 0 Å². The average Bonchev–Trinajstić information content (AvgIpc) is 2.60. The van der Waals surface area contributed by atoms with Crippen LogP contribution in [0.1, 0.15) is 68.6 Å². The predicted molar refractivity (Wildman–Crippen MR) is 114 cm³/mol. The monoisotopic (exact) mass is 358 g/mol. The summed E-state index contributed by atoms with van der Waals surface area (Å²) in [6.07, 6.45) is 8.53. The molecular weight excluding hydrogens is 320 g/mol. The van der Waals surface area contributed by atoms with Gasteiger partial charge < -0.3 is 16.0 Å². The Morgan fingerprint density at radius 1 is 1.12 bits per heavy atom. The summed E-state index contributed by atoms with van der Waals surface area (Å²) in [5.41, 5.74) is 10.7. The number of nitrogens with one attached hydrogen (secondary N) is 1. The van der Waals surface area contributed by atoms with E-state index in [1.54, 1.807) is 0 Å². The minimum absolute atomic E-state index is 0.554. The fraction of sp³-hybridized carbons (Fsp3) is 0.682. The Bertz CT molecular complexity index is 571. The van der Waals surface area contributed by atoms with Crippen molar-refractivity contribution in [2.45, 2.75) is 78.7 Å². The van der Waals surface area contributed by atoms with Gasteiger partial charge in [0.15, 0.2) is 5.96 Å². The predicted octanol–water partition coefficient (Wildman–Crippen LogP) is 4.77. The van der Waals surface area contributed by atoms with Crippen LogP contribution < -0.4 is 11.1 Å². The van der Waals surface area contributed by atoms with Gasteiger partial charge in [-0.25, -0.2) is 0 Å². The zero-order valence-corrected chi connectivity index (χ0v) is 17.3. The zero-order valence-electron chi connectivity index (χ0n) is 17.3. The van der Waals surface area contributed by atoms with E-state index in [2.05, 4.69) is 50.0 Å². The Hall–Kier alpha value is -1.55. The zero-order chi connectivity index (χ0) is 18.9. The third-order valence-corrected chi connectivity index (χ3v) is 5.36. The summed E-state index contributed by atoms with van der Waals surface area (Å²) in [4.78, 5) is 7.47. The SMILES string of the molecule is Cc1cc(C)c(NC(=NCCCCCCN)N2CCCCC2C)c(C)c1. The number of aliphatic imine (C=N–C) groups is 1. The topological polar surface area (TPSA) is 53.6 Å². The Kier molecular flexibility index (Phi) is 8.43. The molecule has 0 saturated carbocycles. The van der Waals surface area contributed by atoms with E-state index >= 15 is 0 Å². The maximum Gasteiger partial charge on any atom is 0.198 e. The summed E-state index contributed by atoms with van der Waals surface area (Å²) in [5, 5.41) is 3.70. The van der Waals surface area contributed by atoms with Crippen LogP contribution in [-0.4, -0.2) is 36.5 Å². The Labute approximate surface area is 160 Å². The van der Waals surface area contributed by atoms with Crippen molar-refractivity contribution >= 4 is 11.6 Å². The van der Waals surface area contributed by atoms with Gasteiger partial charge >= 0.3 is 0 Å². The lowest BCUT2D eigenvalue weighted by Crippen LogP contribution is -2.45. The molecule has 1 heterocycles. The van der Waals surface area contributed by atoms with E-state index in [0.29, 0.717) is 6.04 Å². The number of nitrogens with zero attached hydrogens (tertiary/aromatic N) is 2. The molecule has 4 nitrogen and oxygen atoms in total. The van der Waals surface area contributed by atoms with Crippen LogP contribution >= 0.6 is 0 Å². The quantitative estimate of drug-likeness (QED) is 0.419. The maximum absolute atomic E-state index is 5.58. The third-order valence-electron chi connectivity index (χ3n) is 5.36. The molecule has 1 aliphatic heterocycles. The van der Waals surface area contributed by atoms with Crippen molar-refractivity contribution in [3.05, 3.63) is 28.8 Å². The van der Waals surface area contributed by atoms with E-state index in [0.717, 1.165) is 38.4 Å². The molecular formula is C22H38N4. The molecule has 4 heteroatoms. The van der Waals surface area contributed by atoms with Crippen molar-refractivity contribution in [1.29, 1.82) is 0 Å². The first-order chi connectivity index (χ1) is 12.5. The lowest BCUT2D eigenvalue weighted by molar-refractivity contribution is 0.257. The molecule has 1 atom stereocenters. The molecule has 0 amide bonds. The number of hydrogen-bond donors (Lipinski definition) is 2. The summed E-state index contributed by atoms with van der Waals surface area (Å²) in [6.45, 7) is 11.6. The summed E-state index contributed by atoms with van der Waals surface area (Å²) in [5.74, 6) is 1.06. The van der Waals surface area contributed by atoms with Gasteiger partial charge in [0, 0.05) is 24.8 Å². The second kappa shape index (κ2) is 10.6. The van der Waals surface area contributed by atoms with Crippen molar-refractivity contribution in [3.8, 4) is 0 Å². The van der Waals surface area contributed by atoms with E-state index in [9.17, 15) is 0 Å². The molecule has 0 aliphatic carbocycles. The van der Waals surface area contributed by atoms with Gasteiger partial charge in [-0.1, -0.05) is 30.5 Å². The van der Waals surface area contributed by atoms with E-state index in [4.69, 9.17) is 10.7 Å². The lowest BCUT2D eigenvalue weighted by atomic mass is 10.0. The van der Waals surface area contributed by atoms with Crippen LogP contribution in [0.25, 0.3) is 0 Å². The smallest absolute Gasteiger partial charge is 0.198 e. The Balaban J connectivity index is 2.12. The molecule has 1 aliphatic rings. The number of hydrogen-bond acceptors (Lipinski definition) is 2. The van der Waals surface area contributed by atoms with Gasteiger partial charge in [0.25, 0.3) is 0 Å². The molecule has 1 saturated heterocycles. The minimum atomic E-state index is 0.554. The number of nitrogens with two attached hydrogens (primary N) is 1. The molecule has 1 aromatic rings. The highest BCUT2D eigenvalue weighted by molar-refractivity contribution is 5.95. The lowest BCUT2D eigenvalue weighted by Gasteiger charge is -2.36. The van der Waals surface area contributed by atoms with Crippen molar-refractivity contribution in [2.24, 2.45) is 10.7 Å². The highest BCUT2D eigenvalue weighted by atomic mass is 15.3. The number of benzene rings is 1. The van der Waals surface area contributed by atoms with Gasteiger partial charge in [0.05, 0.1) is 0 Å². The largest absolute Gasteiger partial charge is 0.340 e. The van der Waals surface area contributed by atoms with Crippen LogP contribution in [0, 0.1) is 20.8 Å². The normalized spacial score (nSPS) is 18.3. The number of rotatable bonds is 7. The standard InChI is InChI=1S/C22H38N4/c1-17-15-18(2)21(19(3)16-17)25-22(24-13-9-6-5-8-12-23)26-14-10-7-11-20(26)4/h15-16,20H,5-14,23H2,1-4H3,(H,24,25). The summed E-state index contributed by atoms with van der Waals surface area (Å²) >= 11 is 0. The number of anilines is 1. The van der Waals surface area contributed by atoms with Crippen LogP contribution in [0.2, 0.25) is 0 Å². The van der Waals surface area contributed by atoms with E-state index < -0.39 is 0 Å². The first-order valence-electron chi connectivity index (χ1n) is 10.4. The van der Waals surface area contributed by atoms with E-state index in [1.165, 1.54) is 54.5 Å². The molecule has 0 aromatic heterocycles. The molecule has 1 unspecified atom stereocenters. The molecule has 1 fully saturated rings. The molecule has 146 valence electrons. The number of piperidine rings is 1. The van der Waals surface area contributed by atoms with Crippen molar-refractivity contribution in [2.75, 3.05) is 25.0 Å². The van der Waals surface area contributed by atoms with Crippen LogP contribution in [0.15, 0.2) is 17.1 Å². The van der Waals surface area contributed by atoms with Gasteiger partial charge in [-0.2, -0.15) is 0 Å². The van der Waals surface area contributed by atoms with Gasteiger partial charge in [0.1, 0.15) is 0 Å². The van der Waals surface area contributed by atoms with Crippen molar-refractivity contribution in [1.82, 2.24) is 4.90 Å². The molecule has 2 rings (SSSR count). The second-order valence-corrected chi connectivity index (χ2v) is 7.85. The van der Waals surface area contributed by atoms with E-state index in [-0.39, 0.29) is 0 Å². The van der Waals surface area contributed by atoms with Crippen LogP contribution in [0.5, 0.6) is 0 Å². The highest BCUT2D eigenvalue weighted by Gasteiger charge is 2.22. The number of guanidine groups is 1. The highest BCUT2D eigenvalue weighted by Crippen LogP contribution is 2.24. The second-order valence-electron chi connectivity index (χ2n) is 7.85. The van der Waals surface area contributed by atoms with E-state index in [1.807, 2.05) is 0 Å². The summed E-state index contributed by atoms with van der Waals surface area (Å²) in [6, 6.07) is 5.05. The van der Waals surface area contributed by atoms with Gasteiger partial charge in [-0.3, -0.25) is 4.99 Å². The molecule has 0 spiro atoms.